The Morgan fingerprint density at radius 1 is 0.952 bits per heavy atom. The summed E-state index contributed by atoms with van der Waals surface area (Å²) in [5.41, 5.74) is 10.6. The zero-order valence-electron chi connectivity index (χ0n) is 12.2. The third-order valence-electron chi connectivity index (χ3n) is 3.56. The molecule has 0 saturated carbocycles. The molecule has 0 aliphatic heterocycles. The Hall–Kier alpha value is -2.62. The molecule has 0 aliphatic rings. The quantitative estimate of drug-likeness (QED) is 0.717. The van der Waals surface area contributed by atoms with Crippen molar-refractivity contribution in [2.75, 3.05) is 11.1 Å². The maximum Gasteiger partial charge on any atom is 0.148 e. The highest BCUT2D eigenvalue weighted by Crippen LogP contribution is 2.25. The number of hydrogen-bond donors (Lipinski definition) is 2. The van der Waals surface area contributed by atoms with Gasteiger partial charge in [-0.05, 0) is 37.6 Å². The molecule has 1 atom stereocenters. The van der Waals surface area contributed by atoms with Crippen LogP contribution in [0.15, 0.2) is 48.5 Å². The molecule has 0 amide bonds. The summed E-state index contributed by atoms with van der Waals surface area (Å²) in [5, 5.41) is 3.41. The van der Waals surface area contributed by atoms with Gasteiger partial charge in [-0.25, -0.2) is 9.97 Å². The van der Waals surface area contributed by atoms with Crippen LogP contribution in [0.1, 0.15) is 24.2 Å². The molecule has 0 radical (unpaired) electrons. The van der Waals surface area contributed by atoms with Crippen LogP contribution in [0.5, 0.6) is 0 Å². The molecular formula is C17H18N4. The lowest BCUT2D eigenvalue weighted by atomic mass is 10.1. The SMILES string of the molecule is Cc1nc2ccccc2nc1NC(C)c1ccccc1N. The van der Waals surface area contributed by atoms with Crippen LogP contribution < -0.4 is 11.1 Å². The Morgan fingerprint density at radius 3 is 2.29 bits per heavy atom. The first kappa shape index (κ1) is 13.4. The molecule has 0 aliphatic carbocycles. The number of benzene rings is 2. The van der Waals surface area contributed by atoms with Crippen molar-refractivity contribution >= 4 is 22.5 Å². The summed E-state index contributed by atoms with van der Waals surface area (Å²) in [7, 11) is 0. The van der Waals surface area contributed by atoms with E-state index >= 15 is 0 Å². The van der Waals surface area contributed by atoms with Crippen molar-refractivity contribution in [3.05, 3.63) is 59.8 Å². The summed E-state index contributed by atoms with van der Waals surface area (Å²) < 4.78 is 0. The monoisotopic (exact) mass is 278 g/mol. The van der Waals surface area contributed by atoms with Gasteiger partial charge in [-0.15, -0.1) is 0 Å². The third-order valence-corrected chi connectivity index (χ3v) is 3.56. The normalized spacial score (nSPS) is 12.3. The number of para-hydroxylation sites is 3. The van der Waals surface area contributed by atoms with Crippen LogP contribution in [-0.2, 0) is 0 Å². The van der Waals surface area contributed by atoms with Crippen molar-refractivity contribution in [1.29, 1.82) is 0 Å². The van der Waals surface area contributed by atoms with Gasteiger partial charge in [-0.1, -0.05) is 30.3 Å². The van der Waals surface area contributed by atoms with Crippen LogP contribution in [0.4, 0.5) is 11.5 Å². The lowest BCUT2D eigenvalue weighted by Gasteiger charge is -2.18. The van der Waals surface area contributed by atoms with E-state index in [2.05, 4.69) is 22.2 Å². The summed E-state index contributed by atoms with van der Waals surface area (Å²) in [6.07, 6.45) is 0. The highest BCUT2D eigenvalue weighted by Gasteiger charge is 2.11. The molecule has 1 aromatic heterocycles. The highest BCUT2D eigenvalue weighted by atomic mass is 15.0. The highest BCUT2D eigenvalue weighted by molar-refractivity contribution is 5.76. The van der Waals surface area contributed by atoms with Gasteiger partial charge in [0, 0.05) is 5.69 Å². The predicted molar refractivity (Wildman–Crippen MR) is 87.2 cm³/mol. The van der Waals surface area contributed by atoms with Gasteiger partial charge in [-0.3, -0.25) is 0 Å². The molecule has 3 aromatic rings. The third kappa shape index (κ3) is 2.65. The molecule has 0 saturated heterocycles. The molecule has 1 unspecified atom stereocenters. The van der Waals surface area contributed by atoms with Gasteiger partial charge in [0.05, 0.1) is 22.8 Å². The number of nitrogens with one attached hydrogen (secondary N) is 1. The number of anilines is 2. The molecule has 1 heterocycles. The second kappa shape index (κ2) is 5.40. The number of nitrogens with zero attached hydrogens (tertiary/aromatic N) is 2. The first-order valence-electron chi connectivity index (χ1n) is 6.99. The fourth-order valence-electron chi connectivity index (χ4n) is 2.41. The van der Waals surface area contributed by atoms with Gasteiger partial charge in [0.25, 0.3) is 0 Å². The van der Waals surface area contributed by atoms with Crippen molar-refractivity contribution in [2.24, 2.45) is 0 Å². The van der Waals surface area contributed by atoms with E-state index in [-0.39, 0.29) is 6.04 Å². The van der Waals surface area contributed by atoms with Gasteiger partial charge in [0.1, 0.15) is 5.82 Å². The van der Waals surface area contributed by atoms with E-state index in [9.17, 15) is 0 Å². The zero-order valence-corrected chi connectivity index (χ0v) is 12.2. The van der Waals surface area contributed by atoms with Crippen LogP contribution in [0, 0.1) is 6.92 Å². The number of fused-ring (bicyclic) bond motifs is 1. The standard InChI is InChI=1S/C17H18N4/c1-11(13-7-3-4-8-14(13)18)20-17-12(2)19-15-9-5-6-10-16(15)21-17/h3-11H,18H2,1-2H3,(H,20,21). The number of rotatable bonds is 3. The lowest BCUT2D eigenvalue weighted by molar-refractivity contribution is 0.873. The smallest absolute Gasteiger partial charge is 0.148 e. The molecular weight excluding hydrogens is 260 g/mol. The fourth-order valence-corrected chi connectivity index (χ4v) is 2.41. The first-order valence-corrected chi connectivity index (χ1v) is 6.99. The van der Waals surface area contributed by atoms with Crippen LogP contribution in [0.3, 0.4) is 0 Å². The van der Waals surface area contributed by atoms with E-state index in [0.717, 1.165) is 33.8 Å². The molecule has 21 heavy (non-hydrogen) atoms. The van der Waals surface area contributed by atoms with Crippen molar-refractivity contribution < 1.29 is 0 Å². The van der Waals surface area contributed by atoms with Crippen molar-refractivity contribution in [2.45, 2.75) is 19.9 Å². The van der Waals surface area contributed by atoms with Crippen LogP contribution in [0.2, 0.25) is 0 Å². The first-order chi connectivity index (χ1) is 10.1. The summed E-state index contributed by atoms with van der Waals surface area (Å²) >= 11 is 0. The molecule has 3 rings (SSSR count). The number of nitrogen functional groups attached to an aromatic ring is 1. The molecule has 2 aromatic carbocycles. The van der Waals surface area contributed by atoms with Crippen molar-refractivity contribution in [3.8, 4) is 0 Å². The van der Waals surface area contributed by atoms with Gasteiger partial charge in [-0.2, -0.15) is 0 Å². The van der Waals surface area contributed by atoms with E-state index in [1.807, 2.05) is 55.5 Å². The Kier molecular flexibility index (Phi) is 3.44. The molecule has 0 bridgehead atoms. The van der Waals surface area contributed by atoms with E-state index in [4.69, 9.17) is 5.73 Å². The van der Waals surface area contributed by atoms with Gasteiger partial charge >= 0.3 is 0 Å². The largest absolute Gasteiger partial charge is 0.398 e. The maximum absolute atomic E-state index is 6.03. The van der Waals surface area contributed by atoms with Crippen LogP contribution in [0.25, 0.3) is 11.0 Å². The average molecular weight is 278 g/mol. The Morgan fingerprint density at radius 2 is 1.57 bits per heavy atom. The van der Waals surface area contributed by atoms with Crippen LogP contribution >= 0.6 is 0 Å². The molecule has 3 N–H and O–H groups in total. The minimum absolute atomic E-state index is 0.0698. The fraction of sp³-hybridized carbons (Fsp3) is 0.176. The van der Waals surface area contributed by atoms with Crippen molar-refractivity contribution in [1.82, 2.24) is 9.97 Å². The molecule has 0 fully saturated rings. The number of nitrogens with two attached hydrogens (primary N) is 1. The summed E-state index contributed by atoms with van der Waals surface area (Å²) in [5.74, 6) is 0.796. The van der Waals surface area contributed by atoms with E-state index in [0.29, 0.717) is 0 Å². The maximum atomic E-state index is 6.03. The zero-order chi connectivity index (χ0) is 14.8. The van der Waals surface area contributed by atoms with Gasteiger partial charge in [0.15, 0.2) is 0 Å². The van der Waals surface area contributed by atoms with E-state index < -0.39 is 0 Å². The summed E-state index contributed by atoms with van der Waals surface area (Å²) in [6.45, 7) is 4.03. The molecule has 4 heteroatoms. The number of hydrogen-bond acceptors (Lipinski definition) is 4. The topological polar surface area (TPSA) is 63.8 Å². The number of aryl methyl sites for hydroxylation is 1. The lowest BCUT2D eigenvalue weighted by Crippen LogP contribution is -2.11. The summed E-state index contributed by atoms with van der Waals surface area (Å²) in [6, 6.07) is 15.8. The predicted octanol–water partition coefficient (Wildman–Crippen LogP) is 3.69. The minimum Gasteiger partial charge on any atom is -0.398 e. The Bertz CT molecular complexity index is 783. The molecule has 106 valence electrons. The molecule has 4 nitrogen and oxygen atoms in total. The van der Waals surface area contributed by atoms with E-state index in [1.165, 1.54) is 0 Å². The second-order valence-electron chi connectivity index (χ2n) is 5.14. The van der Waals surface area contributed by atoms with Crippen molar-refractivity contribution in [3.63, 3.8) is 0 Å². The Balaban J connectivity index is 1.94. The molecule has 0 spiro atoms. The minimum atomic E-state index is 0.0698. The van der Waals surface area contributed by atoms with Crippen LogP contribution in [-0.4, -0.2) is 9.97 Å². The van der Waals surface area contributed by atoms with Gasteiger partial charge < -0.3 is 11.1 Å². The second-order valence-corrected chi connectivity index (χ2v) is 5.14. The average Bonchev–Trinajstić information content (AvgIpc) is 2.48. The van der Waals surface area contributed by atoms with Gasteiger partial charge in [0.2, 0.25) is 0 Å². The summed E-state index contributed by atoms with van der Waals surface area (Å²) in [4.78, 5) is 9.24. The Labute approximate surface area is 124 Å². The van der Waals surface area contributed by atoms with E-state index in [1.54, 1.807) is 0 Å². The number of aromatic nitrogens is 2.